The molecular weight excluding hydrogens is 230 g/mol. The average Bonchev–Trinajstić information content (AvgIpc) is 2.71. The molecule has 3 N–H and O–H groups in total. The van der Waals surface area contributed by atoms with Crippen molar-refractivity contribution in [1.29, 1.82) is 0 Å². The molecule has 1 unspecified atom stereocenters. The van der Waals surface area contributed by atoms with E-state index in [-0.39, 0.29) is 6.42 Å². The van der Waals surface area contributed by atoms with Crippen LogP contribution in [0.25, 0.3) is 11.3 Å². The molecule has 0 fully saturated rings. The third-order valence-electron chi connectivity index (χ3n) is 2.71. The Labute approximate surface area is 105 Å². The SMILES string of the molecule is Cn1cc(CC(N)C(=O)O)c(-c2ccccc2)n1. The lowest BCUT2D eigenvalue weighted by Gasteiger charge is -2.06. The molecule has 18 heavy (non-hydrogen) atoms. The summed E-state index contributed by atoms with van der Waals surface area (Å²) >= 11 is 0. The van der Waals surface area contributed by atoms with Gasteiger partial charge in [0, 0.05) is 30.8 Å². The van der Waals surface area contributed by atoms with Crippen molar-refractivity contribution in [3.05, 3.63) is 42.1 Å². The van der Waals surface area contributed by atoms with E-state index in [0.29, 0.717) is 0 Å². The number of aryl methyl sites for hydroxylation is 1. The van der Waals surface area contributed by atoms with Gasteiger partial charge in [-0.05, 0) is 0 Å². The van der Waals surface area contributed by atoms with Crippen molar-refractivity contribution >= 4 is 5.97 Å². The molecule has 1 heterocycles. The van der Waals surface area contributed by atoms with Crippen molar-refractivity contribution < 1.29 is 9.90 Å². The minimum atomic E-state index is -1.00. The molecule has 0 radical (unpaired) electrons. The number of rotatable bonds is 4. The number of carboxylic acid groups (broad SMARTS) is 1. The zero-order chi connectivity index (χ0) is 13.1. The first-order valence-corrected chi connectivity index (χ1v) is 5.64. The van der Waals surface area contributed by atoms with Crippen LogP contribution in [0.5, 0.6) is 0 Å². The second-order valence-electron chi connectivity index (χ2n) is 4.19. The maximum Gasteiger partial charge on any atom is 0.320 e. The highest BCUT2D eigenvalue weighted by Crippen LogP contribution is 2.22. The van der Waals surface area contributed by atoms with Crippen molar-refractivity contribution in [3.8, 4) is 11.3 Å². The average molecular weight is 245 g/mol. The van der Waals surface area contributed by atoms with E-state index in [9.17, 15) is 4.79 Å². The number of carboxylic acids is 1. The Kier molecular flexibility index (Phi) is 3.43. The molecule has 1 aromatic carbocycles. The van der Waals surface area contributed by atoms with Gasteiger partial charge >= 0.3 is 5.97 Å². The Morgan fingerprint density at radius 2 is 2.11 bits per heavy atom. The van der Waals surface area contributed by atoms with Gasteiger partial charge in [-0.1, -0.05) is 30.3 Å². The highest BCUT2D eigenvalue weighted by atomic mass is 16.4. The first-order chi connectivity index (χ1) is 8.58. The van der Waals surface area contributed by atoms with Gasteiger partial charge in [0.1, 0.15) is 6.04 Å². The maximum atomic E-state index is 10.8. The van der Waals surface area contributed by atoms with Crippen LogP contribution >= 0.6 is 0 Å². The molecule has 5 heteroatoms. The third-order valence-corrected chi connectivity index (χ3v) is 2.71. The van der Waals surface area contributed by atoms with E-state index in [1.54, 1.807) is 4.68 Å². The number of hydrogen-bond acceptors (Lipinski definition) is 3. The van der Waals surface area contributed by atoms with Gasteiger partial charge in [0.25, 0.3) is 0 Å². The molecule has 0 aliphatic carbocycles. The van der Waals surface area contributed by atoms with Crippen LogP contribution in [-0.4, -0.2) is 26.9 Å². The van der Waals surface area contributed by atoms with Crippen molar-refractivity contribution in [2.24, 2.45) is 12.8 Å². The topological polar surface area (TPSA) is 81.1 Å². The van der Waals surface area contributed by atoms with E-state index < -0.39 is 12.0 Å². The van der Waals surface area contributed by atoms with Crippen molar-refractivity contribution in [2.45, 2.75) is 12.5 Å². The van der Waals surface area contributed by atoms with Crippen LogP contribution < -0.4 is 5.73 Å². The molecule has 94 valence electrons. The fraction of sp³-hybridized carbons (Fsp3) is 0.231. The first-order valence-electron chi connectivity index (χ1n) is 5.64. The van der Waals surface area contributed by atoms with Gasteiger partial charge in [0.05, 0.1) is 5.69 Å². The smallest absolute Gasteiger partial charge is 0.320 e. The molecule has 0 spiro atoms. The Bertz CT molecular complexity index is 549. The summed E-state index contributed by atoms with van der Waals surface area (Å²) < 4.78 is 1.67. The van der Waals surface area contributed by atoms with Crippen LogP contribution in [0.2, 0.25) is 0 Å². The fourth-order valence-corrected chi connectivity index (χ4v) is 1.85. The monoisotopic (exact) mass is 245 g/mol. The summed E-state index contributed by atoms with van der Waals surface area (Å²) in [5.41, 5.74) is 8.16. The summed E-state index contributed by atoms with van der Waals surface area (Å²) in [6.45, 7) is 0. The van der Waals surface area contributed by atoms with Crippen molar-refractivity contribution in [3.63, 3.8) is 0 Å². The summed E-state index contributed by atoms with van der Waals surface area (Å²) in [5.74, 6) is -1.00. The lowest BCUT2D eigenvalue weighted by atomic mass is 10.0. The zero-order valence-electron chi connectivity index (χ0n) is 10.1. The first kappa shape index (κ1) is 12.3. The largest absolute Gasteiger partial charge is 0.480 e. The van der Waals surface area contributed by atoms with Gasteiger partial charge in [0.2, 0.25) is 0 Å². The predicted molar refractivity (Wildman–Crippen MR) is 68.0 cm³/mol. The Morgan fingerprint density at radius 1 is 1.44 bits per heavy atom. The lowest BCUT2D eigenvalue weighted by molar-refractivity contribution is -0.138. The number of carbonyl (C=O) groups is 1. The summed E-state index contributed by atoms with van der Waals surface area (Å²) in [6.07, 6.45) is 2.08. The minimum Gasteiger partial charge on any atom is -0.480 e. The van der Waals surface area contributed by atoms with E-state index in [4.69, 9.17) is 10.8 Å². The van der Waals surface area contributed by atoms with Crippen molar-refractivity contribution in [1.82, 2.24) is 9.78 Å². The highest BCUT2D eigenvalue weighted by molar-refractivity contribution is 5.74. The summed E-state index contributed by atoms with van der Waals surface area (Å²) in [7, 11) is 1.81. The molecule has 5 nitrogen and oxygen atoms in total. The number of aliphatic carboxylic acids is 1. The van der Waals surface area contributed by atoms with Gasteiger partial charge in [-0.3, -0.25) is 9.48 Å². The number of aromatic nitrogens is 2. The second-order valence-corrected chi connectivity index (χ2v) is 4.19. The maximum absolute atomic E-state index is 10.8. The van der Waals surface area contributed by atoms with E-state index in [0.717, 1.165) is 16.8 Å². The Balaban J connectivity index is 2.34. The number of benzene rings is 1. The summed E-state index contributed by atoms with van der Waals surface area (Å²) in [4.78, 5) is 10.8. The molecule has 2 aromatic rings. The molecule has 0 aliphatic heterocycles. The van der Waals surface area contributed by atoms with Crippen LogP contribution in [0.3, 0.4) is 0 Å². The van der Waals surface area contributed by atoms with Gasteiger partial charge in [-0.25, -0.2) is 0 Å². The quantitative estimate of drug-likeness (QED) is 0.843. The summed E-state index contributed by atoms with van der Waals surface area (Å²) in [5, 5.41) is 13.2. The van der Waals surface area contributed by atoms with Crippen LogP contribution in [0.15, 0.2) is 36.5 Å². The second kappa shape index (κ2) is 5.01. The number of hydrogen-bond donors (Lipinski definition) is 2. The van der Waals surface area contributed by atoms with Gasteiger partial charge in [-0.2, -0.15) is 5.10 Å². The van der Waals surface area contributed by atoms with E-state index in [1.165, 1.54) is 0 Å². The molecule has 0 amide bonds. The summed E-state index contributed by atoms with van der Waals surface area (Å²) in [6, 6.07) is 8.75. The van der Waals surface area contributed by atoms with Crippen LogP contribution in [0, 0.1) is 0 Å². The fourth-order valence-electron chi connectivity index (χ4n) is 1.85. The Morgan fingerprint density at radius 3 is 2.72 bits per heavy atom. The molecular formula is C13H15N3O2. The van der Waals surface area contributed by atoms with Gasteiger partial charge < -0.3 is 10.8 Å². The van der Waals surface area contributed by atoms with E-state index >= 15 is 0 Å². The molecule has 0 saturated carbocycles. The van der Waals surface area contributed by atoms with Crippen LogP contribution in [0.4, 0.5) is 0 Å². The zero-order valence-corrected chi connectivity index (χ0v) is 10.1. The van der Waals surface area contributed by atoms with Crippen LogP contribution in [0.1, 0.15) is 5.56 Å². The highest BCUT2D eigenvalue weighted by Gasteiger charge is 2.17. The molecule has 0 saturated heterocycles. The standard InChI is InChI=1S/C13H15N3O2/c1-16-8-10(7-11(14)13(17)18)12(15-16)9-5-3-2-4-6-9/h2-6,8,11H,7,14H2,1H3,(H,17,18). The lowest BCUT2D eigenvalue weighted by Crippen LogP contribution is -2.32. The van der Waals surface area contributed by atoms with Crippen molar-refractivity contribution in [2.75, 3.05) is 0 Å². The minimum absolute atomic E-state index is 0.271. The normalized spacial score (nSPS) is 12.3. The van der Waals surface area contributed by atoms with Crippen LogP contribution in [-0.2, 0) is 18.3 Å². The Hall–Kier alpha value is -2.14. The van der Waals surface area contributed by atoms with E-state index in [1.807, 2.05) is 43.6 Å². The van der Waals surface area contributed by atoms with Gasteiger partial charge in [-0.15, -0.1) is 0 Å². The predicted octanol–water partition coefficient (Wildman–Crippen LogP) is 1.04. The van der Waals surface area contributed by atoms with E-state index in [2.05, 4.69) is 5.10 Å². The van der Waals surface area contributed by atoms with Gasteiger partial charge in [0.15, 0.2) is 0 Å². The molecule has 0 aliphatic rings. The third kappa shape index (κ3) is 2.57. The molecule has 2 rings (SSSR count). The number of nitrogens with two attached hydrogens (primary N) is 1. The molecule has 1 aromatic heterocycles. The molecule has 0 bridgehead atoms. The molecule has 1 atom stereocenters. The number of nitrogens with zero attached hydrogens (tertiary/aromatic N) is 2.